The van der Waals surface area contributed by atoms with Crippen molar-refractivity contribution in [2.75, 3.05) is 44.3 Å². The molecule has 2 fully saturated rings. The molecule has 2 aliphatic heterocycles. The maximum atomic E-state index is 10.5. The van der Waals surface area contributed by atoms with Crippen LogP contribution in [0.4, 0.5) is 5.82 Å². The number of likely N-dealkylation sites (tertiary alicyclic amines) is 1. The van der Waals surface area contributed by atoms with Crippen LogP contribution < -0.4 is 4.90 Å². The van der Waals surface area contributed by atoms with Crippen molar-refractivity contribution in [3.63, 3.8) is 0 Å². The highest BCUT2D eigenvalue weighted by Gasteiger charge is 2.27. The number of nitrogens with zero attached hydrogens (tertiary/aromatic N) is 8. The van der Waals surface area contributed by atoms with E-state index < -0.39 is 5.60 Å². The molecule has 0 amide bonds. The Balaban J connectivity index is 1.46. The molecule has 0 radical (unpaired) electrons. The second-order valence-electron chi connectivity index (χ2n) is 10.3. The summed E-state index contributed by atoms with van der Waals surface area (Å²) in [5.74, 6) is 3.26. The Hall–Kier alpha value is -3.08. The topological polar surface area (TPSA) is 97.4 Å². The molecule has 0 saturated carbocycles. The van der Waals surface area contributed by atoms with Gasteiger partial charge in [0, 0.05) is 26.7 Å². The number of morpholine rings is 1. The van der Waals surface area contributed by atoms with Crippen molar-refractivity contribution in [2.45, 2.75) is 45.3 Å². The van der Waals surface area contributed by atoms with Crippen LogP contribution in [0.25, 0.3) is 28.1 Å². The molecule has 36 heavy (non-hydrogen) atoms. The van der Waals surface area contributed by atoms with Crippen molar-refractivity contribution in [1.82, 2.24) is 34.0 Å². The minimum Gasteiger partial charge on any atom is -0.390 e. The fourth-order valence-corrected chi connectivity index (χ4v) is 5.39. The summed E-state index contributed by atoms with van der Waals surface area (Å²) in [6, 6.07) is 8.08. The Morgan fingerprint density at radius 3 is 2.64 bits per heavy atom. The first-order valence-corrected chi connectivity index (χ1v) is 12.8. The molecular formula is C26H34N8O2. The molecule has 0 bridgehead atoms. The van der Waals surface area contributed by atoms with Crippen LogP contribution in [0.5, 0.6) is 0 Å². The number of aromatic nitrogens is 6. The molecule has 1 unspecified atom stereocenters. The average molecular weight is 491 g/mol. The summed E-state index contributed by atoms with van der Waals surface area (Å²) in [6.07, 6.45) is 2.58. The minimum absolute atomic E-state index is 0.587. The molecule has 4 aromatic rings. The van der Waals surface area contributed by atoms with E-state index in [1.165, 1.54) is 0 Å². The lowest BCUT2D eigenvalue weighted by Crippen LogP contribution is -2.37. The summed E-state index contributed by atoms with van der Waals surface area (Å²) >= 11 is 0. The van der Waals surface area contributed by atoms with Gasteiger partial charge in [-0.3, -0.25) is 9.47 Å². The summed E-state index contributed by atoms with van der Waals surface area (Å²) in [6.45, 7) is 9.32. The van der Waals surface area contributed by atoms with E-state index in [-0.39, 0.29) is 0 Å². The predicted molar refractivity (Wildman–Crippen MR) is 138 cm³/mol. The molecule has 190 valence electrons. The Morgan fingerprint density at radius 1 is 1.00 bits per heavy atom. The molecule has 2 aliphatic rings. The third-order valence-corrected chi connectivity index (χ3v) is 7.54. The Morgan fingerprint density at radius 2 is 1.81 bits per heavy atom. The summed E-state index contributed by atoms with van der Waals surface area (Å²) in [5, 5.41) is 10.5. The summed E-state index contributed by atoms with van der Waals surface area (Å²) in [5.41, 5.74) is 2.96. The first kappa shape index (κ1) is 23.3. The number of rotatable bonds is 4. The van der Waals surface area contributed by atoms with Gasteiger partial charge in [-0.1, -0.05) is 12.1 Å². The summed E-state index contributed by atoms with van der Waals surface area (Å²) in [7, 11) is 2.04. The standard InChI is InChI=1S/C26H34N8O2/c1-18-27-19-7-4-5-8-20(19)34(18)25-29-23-22(24(30-25)33-13-15-36-16-14-33)28-21(31(23)3)17-32-11-6-9-26(2,35)10-12-32/h4-5,7-8,35H,6,9-17H2,1-3H3. The van der Waals surface area contributed by atoms with Crippen molar-refractivity contribution >= 4 is 28.0 Å². The van der Waals surface area contributed by atoms with Crippen molar-refractivity contribution < 1.29 is 9.84 Å². The SMILES string of the molecule is Cc1nc2ccccc2n1-c1nc(N2CCOCC2)c2nc(CN3CCCC(C)(O)CC3)n(C)c2n1. The van der Waals surface area contributed by atoms with E-state index in [1.54, 1.807) is 0 Å². The molecule has 10 heteroatoms. The highest BCUT2D eigenvalue weighted by atomic mass is 16.5. The highest BCUT2D eigenvalue weighted by Crippen LogP contribution is 2.29. The van der Waals surface area contributed by atoms with Gasteiger partial charge in [0.1, 0.15) is 11.6 Å². The van der Waals surface area contributed by atoms with Crippen LogP contribution in [0.2, 0.25) is 0 Å². The third-order valence-electron chi connectivity index (χ3n) is 7.54. The lowest BCUT2D eigenvalue weighted by atomic mass is 9.98. The Bertz CT molecular complexity index is 1400. The van der Waals surface area contributed by atoms with Gasteiger partial charge in [0.15, 0.2) is 17.0 Å². The van der Waals surface area contributed by atoms with Crippen LogP contribution in [-0.4, -0.2) is 84.1 Å². The average Bonchev–Trinajstić information content (AvgIpc) is 3.31. The number of anilines is 1. The number of aliphatic hydroxyl groups is 1. The monoisotopic (exact) mass is 490 g/mol. The molecule has 1 N–H and O–H groups in total. The van der Waals surface area contributed by atoms with Gasteiger partial charge in [-0.2, -0.15) is 9.97 Å². The number of para-hydroxylation sites is 2. The van der Waals surface area contributed by atoms with Crippen LogP contribution in [-0.2, 0) is 18.3 Å². The van der Waals surface area contributed by atoms with Gasteiger partial charge in [0.05, 0.1) is 36.4 Å². The zero-order valence-corrected chi connectivity index (χ0v) is 21.3. The predicted octanol–water partition coefficient (Wildman–Crippen LogP) is 2.58. The third kappa shape index (κ3) is 4.23. The number of hydrogen-bond donors (Lipinski definition) is 1. The lowest BCUT2D eigenvalue weighted by molar-refractivity contribution is 0.0443. The van der Waals surface area contributed by atoms with Crippen LogP contribution in [0, 0.1) is 6.92 Å². The van der Waals surface area contributed by atoms with Crippen LogP contribution in [0.15, 0.2) is 24.3 Å². The Kier molecular flexibility index (Phi) is 5.89. The largest absolute Gasteiger partial charge is 0.390 e. The molecule has 3 aromatic heterocycles. The molecular weight excluding hydrogens is 456 g/mol. The fraction of sp³-hybridized carbons (Fsp3) is 0.538. The minimum atomic E-state index is -0.587. The maximum Gasteiger partial charge on any atom is 0.239 e. The summed E-state index contributed by atoms with van der Waals surface area (Å²) in [4.78, 5) is 24.6. The fourth-order valence-electron chi connectivity index (χ4n) is 5.39. The van der Waals surface area contributed by atoms with Gasteiger partial charge in [0.2, 0.25) is 5.95 Å². The van der Waals surface area contributed by atoms with Crippen LogP contribution in [0.3, 0.4) is 0 Å². The molecule has 0 aliphatic carbocycles. The van der Waals surface area contributed by atoms with Gasteiger partial charge in [-0.15, -0.1) is 0 Å². The van der Waals surface area contributed by atoms with Crippen molar-refractivity contribution in [3.05, 3.63) is 35.9 Å². The molecule has 1 atom stereocenters. The first-order valence-electron chi connectivity index (χ1n) is 12.8. The van der Waals surface area contributed by atoms with Gasteiger partial charge < -0.3 is 19.3 Å². The van der Waals surface area contributed by atoms with Crippen LogP contribution >= 0.6 is 0 Å². The molecule has 6 rings (SSSR count). The summed E-state index contributed by atoms with van der Waals surface area (Å²) < 4.78 is 9.75. The van der Waals surface area contributed by atoms with E-state index in [0.29, 0.717) is 25.7 Å². The van der Waals surface area contributed by atoms with E-state index >= 15 is 0 Å². The Labute approximate surface area is 210 Å². The number of imidazole rings is 2. The van der Waals surface area contributed by atoms with Crippen molar-refractivity contribution in [3.8, 4) is 5.95 Å². The van der Waals surface area contributed by atoms with Crippen LogP contribution in [0.1, 0.15) is 37.8 Å². The van der Waals surface area contributed by atoms with E-state index in [0.717, 1.165) is 85.1 Å². The van der Waals surface area contributed by atoms with Crippen molar-refractivity contribution in [1.29, 1.82) is 0 Å². The highest BCUT2D eigenvalue weighted by molar-refractivity contribution is 5.86. The molecule has 10 nitrogen and oxygen atoms in total. The van der Waals surface area contributed by atoms with E-state index in [9.17, 15) is 5.11 Å². The maximum absolute atomic E-state index is 10.5. The molecule has 1 aromatic carbocycles. The van der Waals surface area contributed by atoms with E-state index in [1.807, 2.05) is 43.7 Å². The first-order chi connectivity index (χ1) is 17.4. The number of hydrogen-bond acceptors (Lipinski definition) is 8. The quantitative estimate of drug-likeness (QED) is 0.466. The molecule has 5 heterocycles. The second kappa shape index (κ2) is 9.10. The normalized spacial score (nSPS) is 21.9. The van der Waals surface area contributed by atoms with E-state index in [4.69, 9.17) is 24.7 Å². The molecule has 2 saturated heterocycles. The number of benzene rings is 1. The van der Waals surface area contributed by atoms with Gasteiger partial charge in [-0.25, -0.2) is 9.97 Å². The number of fused-ring (bicyclic) bond motifs is 2. The zero-order valence-electron chi connectivity index (χ0n) is 21.3. The second-order valence-corrected chi connectivity index (χ2v) is 10.3. The van der Waals surface area contributed by atoms with E-state index in [2.05, 4.69) is 20.4 Å². The van der Waals surface area contributed by atoms with Crippen molar-refractivity contribution in [2.24, 2.45) is 7.05 Å². The van der Waals surface area contributed by atoms with Gasteiger partial charge >= 0.3 is 0 Å². The van der Waals surface area contributed by atoms with Gasteiger partial charge in [-0.05, 0) is 51.8 Å². The van der Waals surface area contributed by atoms with Gasteiger partial charge in [0.25, 0.3) is 0 Å². The molecule has 0 spiro atoms. The number of aryl methyl sites for hydroxylation is 2. The lowest BCUT2D eigenvalue weighted by Gasteiger charge is -2.28. The number of ether oxygens (including phenoxy) is 1. The zero-order chi connectivity index (χ0) is 24.9. The smallest absolute Gasteiger partial charge is 0.239 e.